The lowest BCUT2D eigenvalue weighted by atomic mass is 10.0. The maximum Gasteiger partial charge on any atom is 0.449 e. The number of benzene rings is 2. The first-order valence-electron chi connectivity index (χ1n) is 12.0. The van der Waals surface area contributed by atoms with Crippen LogP contribution in [0.3, 0.4) is 0 Å². The number of ether oxygens (including phenoxy) is 1. The van der Waals surface area contributed by atoms with Gasteiger partial charge in [0.2, 0.25) is 11.7 Å². The van der Waals surface area contributed by atoms with Gasteiger partial charge >= 0.3 is 6.18 Å². The Bertz CT molecular complexity index is 1440. The first-order valence-corrected chi connectivity index (χ1v) is 12.0. The average molecular weight is 542 g/mol. The van der Waals surface area contributed by atoms with Gasteiger partial charge in [0.25, 0.3) is 5.91 Å². The highest BCUT2D eigenvalue weighted by Gasteiger charge is 2.35. The van der Waals surface area contributed by atoms with Gasteiger partial charge in [0.1, 0.15) is 11.5 Å². The van der Waals surface area contributed by atoms with Gasteiger partial charge in [-0.1, -0.05) is 24.3 Å². The number of carbonyl (C=O) groups excluding carboxylic acids is 2. The number of alkyl halides is 3. The Kier molecular flexibility index (Phi) is 8.38. The van der Waals surface area contributed by atoms with E-state index >= 15 is 0 Å². The molecule has 1 N–H and O–H groups in total. The lowest BCUT2D eigenvalue weighted by Crippen LogP contribution is -2.24. The summed E-state index contributed by atoms with van der Waals surface area (Å²) < 4.78 is 54.6. The number of aromatic nitrogens is 1. The van der Waals surface area contributed by atoms with Crippen molar-refractivity contribution in [3.8, 4) is 17.2 Å². The summed E-state index contributed by atoms with van der Waals surface area (Å²) in [5.74, 6) is -2.22. The van der Waals surface area contributed by atoms with E-state index in [4.69, 9.17) is 9.15 Å². The molecule has 4 rings (SSSR count). The quantitative estimate of drug-likeness (QED) is 0.297. The number of hydrogen-bond acceptors (Lipinski definition) is 7. The third-order valence-electron chi connectivity index (χ3n) is 5.85. The first-order chi connectivity index (χ1) is 18.6. The second-order valence-corrected chi connectivity index (χ2v) is 8.63. The number of nitrogens with one attached hydrogen (secondary N) is 1. The van der Waals surface area contributed by atoms with Gasteiger partial charge in [-0.15, -0.1) is 0 Å². The maximum absolute atomic E-state index is 12.8. The molecule has 0 fully saturated rings. The molecule has 0 unspecified atom stereocenters. The average Bonchev–Trinajstić information content (AvgIpc) is 3.55. The van der Waals surface area contributed by atoms with Gasteiger partial charge < -0.3 is 28.8 Å². The normalized spacial score (nSPS) is 11.4. The molecule has 0 aliphatic rings. The van der Waals surface area contributed by atoms with Crippen LogP contribution in [0.15, 0.2) is 69.5 Å². The van der Waals surface area contributed by atoms with Crippen molar-refractivity contribution in [3.63, 3.8) is 0 Å². The Morgan fingerprint density at radius 2 is 1.77 bits per heavy atom. The van der Waals surface area contributed by atoms with Crippen LogP contribution in [0.2, 0.25) is 0 Å². The van der Waals surface area contributed by atoms with Gasteiger partial charge in [0.15, 0.2) is 5.76 Å². The molecule has 0 aliphatic heterocycles. The summed E-state index contributed by atoms with van der Waals surface area (Å²) >= 11 is 0. The third-order valence-corrected chi connectivity index (χ3v) is 5.85. The van der Waals surface area contributed by atoms with Crippen LogP contribution < -0.4 is 15.2 Å². The minimum Gasteiger partial charge on any atom is -0.550 e. The van der Waals surface area contributed by atoms with Gasteiger partial charge in [-0.05, 0) is 67.3 Å². The molecule has 2 aromatic carbocycles. The highest BCUT2D eigenvalue weighted by molar-refractivity contribution is 5.91. The van der Waals surface area contributed by atoms with Gasteiger partial charge in [-0.2, -0.15) is 13.2 Å². The van der Waals surface area contributed by atoms with Crippen molar-refractivity contribution in [2.75, 3.05) is 6.61 Å². The second kappa shape index (κ2) is 11.9. The van der Waals surface area contributed by atoms with Crippen molar-refractivity contribution in [1.29, 1.82) is 0 Å². The van der Waals surface area contributed by atoms with Crippen LogP contribution in [0.4, 0.5) is 13.2 Å². The smallest absolute Gasteiger partial charge is 0.449 e. The van der Waals surface area contributed by atoms with E-state index < -0.39 is 29.6 Å². The monoisotopic (exact) mass is 541 g/mol. The van der Waals surface area contributed by atoms with Crippen molar-refractivity contribution < 1.29 is 41.4 Å². The zero-order chi connectivity index (χ0) is 28.0. The zero-order valence-corrected chi connectivity index (χ0v) is 20.8. The molecule has 0 radical (unpaired) electrons. The fraction of sp³-hybridized carbons (Fsp3) is 0.250. The standard InChI is InChI=1S/C28H25F3N2O6/c1-17-22(33-27(38-17)19-5-3-2-4-6-19)13-14-37-21-9-7-18(8-12-25(34)35)20(15-21)16-32-26(36)23-10-11-24(39-23)28(29,30)31/h2-7,9-11,15H,8,12-14,16H2,1H3,(H,32,36)(H,34,35)/p-1. The number of halogens is 3. The Morgan fingerprint density at radius 1 is 1.00 bits per heavy atom. The summed E-state index contributed by atoms with van der Waals surface area (Å²) in [4.78, 5) is 27.9. The molecule has 11 heteroatoms. The molecule has 39 heavy (non-hydrogen) atoms. The summed E-state index contributed by atoms with van der Waals surface area (Å²) in [6, 6.07) is 16.1. The number of oxazole rings is 1. The van der Waals surface area contributed by atoms with E-state index in [1.54, 1.807) is 18.2 Å². The van der Waals surface area contributed by atoms with Crippen LogP contribution in [-0.4, -0.2) is 23.5 Å². The van der Waals surface area contributed by atoms with Crippen molar-refractivity contribution in [1.82, 2.24) is 10.3 Å². The zero-order valence-electron chi connectivity index (χ0n) is 20.8. The first kappa shape index (κ1) is 27.5. The molecule has 1 amide bonds. The van der Waals surface area contributed by atoms with E-state index in [1.165, 1.54) is 0 Å². The molecule has 0 saturated heterocycles. The number of aliphatic carboxylic acids is 1. The van der Waals surface area contributed by atoms with Gasteiger partial charge in [-0.25, -0.2) is 4.98 Å². The summed E-state index contributed by atoms with van der Waals surface area (Å²) in [6.07, 6.45) is -4.37. The number of amides is 1. The fourth-order valence-corrected chi connectivity index (χ4v) is 3.84. The Labute approximate surface area is 221 Å². The number of hydrogen-bond donors (Lipinski definition) is 1. The van der Waals surface area contributed by atoms with Crippen molar-refractivity contribution in [3.05, 3.63) is 94.8 Å². The van der Waals surface area contributed by atoms with Gasteiger partial charge in [-0.3, -0.25) is 4.79 Å². The Morgan fingerprint density at radius 3 is 2.46 bits per heavy atom. The number of carboxylic acid groups (broad SMARTS) is 1. The topological polar surface area (TPSA) is 118 Å². The SMILES string of the molecule is Cc1oc(-c2ccccc2)nc1CCOc1ccc(CCC(=O)[O-])c(CNC(=O)c2ccc(C(F)(F)F)o2)c1. The minimum atomic E-state index is -4.71. The van der Waals surface area contributed by atoms with Gasteiger partial charge in [0, 0.05) is 24.5 Å². The minimum absolute atomic E-state index is 0.0940. The molecule has 8 nitrogen and oxygen atoms in total. The fourth-order valence-electron chi connectivity index (χ4n) is 3.84. The largest absolute Gasteiger partial charge is 0.550 e. The lowest BCUT2D eigenvalue weighted by Gasteiger charge is -2.14. The molecule has 0 saturated carbocycles. The number of rotatable bonds is 11. The number of nitrogens with zero attached hydrogens (tertiary/aromatic N) is 1. The molecule has 2 heterocycles. The molecular formula is C28H24F3N2O6-. The van der Waals surface area contributed by atoms with E-state index in [9.17, 15) is 27.9 Å². The Balaban J connectivity index is 1.41. The molecule has 4 aromatic rings. The van der Waals surface area contributed by atoms with Crippen LogP contribution in [0.25, 0.3) is 11.5 Å². The number of carboxylic acids is 1. The van der Waals surface area contributed by atoms with E-state index in [2.05, 4.69) is 14.7 Å². The van der Waals surface area contributed by atoms with E-state index in [0.717, 1.165) is 17.3 Å². The van der Waals surface area contributed by atoms with Crippen molar-refractivity contribution >= 4 is 11.9 Å². The maximum atomic E-state index is 12.8. The number of carbonyl (C=O) groups is 2. The van der Waals surface area contributed by atoms with Crippen LogP contribution in [0.5, 0.6) is 5.75 Å². The van der Waals surface area contributed by atoms with E-state index in [0.29, 0.717) is 41.0 Å². The molecular weight excluding hydrogens is 517 g/mol. The third kappa shape index (κ3) is 7.28. The van der Waals surface area contributed by atoms with Crippen LogP contribution in [0.1, 0.15) is 45.3 Å². The lowest BCUT2D eigenvalue weighted by molar-refractivity contribution is -0.305. The van der Waals surface area contributed by atoms with Gasteiger partial charge in [0.05, 0.1) is 12.3 Å². The van der Waals surface area contributed by atoms with E-state index in [1.807, 2.05) is 37.3 Å². The number of aryl methyl sites for hydroxylation is 2. The second-order valence-electron chi connectivity index (χ2n) is 8.63. The molecule has 204 valence electrons. The predicted octanol–water partition coefficient (Wildman–Crippen LogP) is 4.50. The van der Waals surface area contributed by atoms with Crippen LogP contribution in [-0.2, 0) is 30.4 Å². The molecule has 0 bridgehead atoms. The molecule has 2 aromatic heterocycles. The summed E-state index contributed by atoms with van der Waals surface area (Å²) in [5.41, 5.74) is 2.75. The Hall–Kier alpha value is -4.54. The van der Waals surface area contributed by atoms with Crippen molar-refractivity contribution in [2.45, 2.75) is 38.9 Å². The van der Waals surface area contributed by atoms with Crippen molar-refractivity contribution in [2.24, 2.45) is 0 Å². The molecule has 0 aliphatic carbocycles. The summed E-state index contributed by atoms with van der Waals surface area (Å²) in [6.45, 7) is 1.99. The highest BCUT2D eigenvalue weighted by Crippen LogP contribution is 2.30. The molecule has 0 atom stereocenters. The van der Waals surface area contributed by atoms with Crippen LogP contribution in [0, 0.1) is 6.92 Å². The summed E-state index contributed by atoms with van der Waals surface area (Å²) in [5, 5.41) is 13.5. The summed E-state index contributed by atoms with van der Waals surface area (Å²) in [7, 11) is 0. The molecule has 0 spiro atoms. The van der Waals surface area contributed by atoms with E-state index in [-0.39, 0.29) is 26.0 Å². The highest BCUT2D eigenvalue weighted by atomic mass is 19.4. The predicted molar refractivity (Wildman–Crippen MR) is 131 cm³/mol. The van der Waals surface area contributed by atoms with Crippen LogP contribution >= 0.6 is 0 Å². The number of furan rings is 1.